The van der Waals surface area contributed by atoms with Crippen molar-refractivity contribution in [3.05, 3.63) is 27.6 Å². The molecule has 0 aliphatic heterocycles. The summed E-state index contributed by atoms with van der Waals surface area (Å²) in [5.41, 5.74) is -0.503. The van der Waals surface area contributed by atoms with E-state index < -0.39 is 15.6 Å². The Morgan fingerprint density at radius 3 is 2.68 bits per heavy atom. The first-order valence-corrected chi connectivity index (χ1v) is 8.13. The highest BCUT2D eigenvalue weighted by Crippen LogP contribution is 2.12. The molecule has 0 saturated carbocycles. The summed E-state index contributed by atoms with van der Waals surface area (Å²) >= 11 is 5.62. The average molecular weight is 307 g/mol. The Balaban J connectivity index is 2.75. The third-order valence-corrected chi connectivity index (χ3v) is 4.59. The van der Waals surface area contributed by atoms with E-state index in [1.54, 1.807) is 0 Å². The molecule has 7 heteroatoms. The highest BCUT2D eigenvalue weighted by molar-refractivity contribution is 7.89. The first-order valence-electron chi connectivity index (χ1n) is 6.27. The van der Waals surface area contributed by atoms with Crippen LogP contribution < -0.4 is 10.3 Å². The molecule has 1 atom stereocenters. The highest BCUT2D eigenvalue weighted by atomic mass is 35.5. The lowest BCUT2D eigenvalue weighted by Crippen LogP contribution is -2.33. The van der Waals surface area contributed by atoms with Crippen LogP contribution in [0.25, 0.3) is 0 Å². The normalized spacial score (nSPS) is 13.4. The lowest BCUT2D eigenvalue weighted by atomic mass is 10.1. The van der Waals surface area contributed by atoms with E-state index in [4.69, 9.17) is 11.6 Å². The second kappa shape index (κ2) is 7.07. The smallest absolute Gasteiger partial charge is 0.266 e. The maximum Gasteiger partial charge on any atom is 0.266 e. The summed E-state index contributed by atoms with van der Waals surface area (Å²) in [6.45, 7) is 3.91. The van der Waals surface area contributed by atoms with Crippen molar-refractivity contribution in [3.8, 4) is 0 Å². The largest absolute Gasteiger partial charge is 0.326 e. The van der Waals surface area contributed by atoms with E-state index in [0.717, 1.165) is 37.9 Å². The molecule has 0 fully saturated rings. The van der Waals surface area contributed by atoms with E-state index in [0.29, 0.717) is 0 Å². The van der Waals surface area contributed by atoms with E-state index >= 15 is 0 Å². The van der Waals surface area contributed by atoms with Gasteiger partial charge in [-0.25, -0.2) is 13.1 Å². The number of sulfonamides is 1. The zero-order valence-corrected chi connectivity index (χ0v) is 12.6. The number of unbranched alkanes of at least 4 members (excludes halogenated alkanes) is 2. The minimum atomic E-state index is -3.64. The van der Waals surface area contributed by atoms with Crippen molar-refractivity contribution in [2.45, 2.75) is 50.5 Å². The van der Waals surface area contributed by atoms with Crippen molar-refractivity contribution >= 4 is 21.6 Å². The summed E-state index contributed by atoms with van der Waals surface area (Å²) in [5.74, 6) is 0. The molecule has 0 radical (unpaired) electrons. The van der Waals surface area contributed by atoms with Crippen molar-refractivity contribution in [3.63, 3.8) is 0 Å². The van der Waals surface area contributed by atoms with Crippen molar-refractivity contribution < 1.29 is 8.42 Å². The molecule has 1 rings (SSSR count). The topological polar surface area (TPSA) is 79.0 Å². The van der Waals surface area contributed by atoms with Gasteiger partial charge >= 0.3 is 0 Å². The van der Waals surface area contributed by atoms with Crippen molar-refractivity contribution in [1.29, 1.82) is 0 Å². The Labute approximate surface area is 118 Å². The summed E-state index contributed by atoms with van der Waals surface area (Å²) in [6.07, 6.45) is 5.08. The standard InChI is InChI=1S/C12H19ClN2O3S/c1-3-4-5-6-9(2)15-19(17,18)10-7-11(13)12(16)14-8-10/h7-9,15H,3-6H2,1-2H3,(H,14,16). The monoisotopic (exact) mass is 306 g/mol. The minimum absolute atomic E-state index is 0.0283. The number of nitrogens with one attached hydrogen (secondary N) is 2. The van der Waals surface area contributed by atoms with Gasteiger partial charge in [-0.2, -0.15) is 0 Å². The van der Waals surface area contributed by atoms with Gasteiger partial charge in [0.25, 0.3) is 5.56 Å². The predicted molar refractivity (Wildman–Crippen MR) is 76.0 cm³/mol. The molecule has 0 aliphatic carbocycles. The molecule has 2 N–H and O–H groups in total. The quantitative estimate of drug-likeness (QED) is 0.758. The zero-order valence-electron chi connectivity index (χ0n) is 11.1. The molecular formula is C12H19ClN2O3S. The lowest BCUT2D eigenvalue weighted by Gasteiger charge is -2.13. The summed E-state index contributed by atoms with van der Waals surface area (Å²) in [5, 5.41) is -0.137. The van der Waals surface area contributed by atoms with Crippen LogP contribution in [0.4, 0.5) is 0 Å². The molecule has 1 aromatic heterocycles. The zero-order chi connectivity index (χ0) is 14.5. The maximum atomic E-state index is 12.0. The van der Waals surface area contributed by atoms with Gasteiger partial charge in [-0.15, -0.1) is 0 Å². The fraction of sp³-hybridized carbons (Fsp3) is 0.583. The number of hydrogen-bond donors (Lipinski definition) is 2. The van der Waals surface area contributed by atoms with Crippen LogP contribution in [-0.2, 0) is 10.0 Å². The first-order chi connectivity index (χ1) is 8.86. The van der Waals surface area contributed by atoms with Gasteiger partial charge in [0.05, 0.1) is 4.90 Å². The molecule has 19 heavy (non-hydrogen) atoms. The molecule has 1 aromatic rings. The molecule has 1 heterocycles. The molecule has 0 saturated heterocycles. The third kappa shape index (κ3) is 4.97. The minimum Gasteiger partial charge on any atom is -0.326 e. The molecule has 0 bridgehead atoms. The molecule has 0 aromatic carbocycles. The number of rotatable bonds is 7. The number of H-pyrrole nitrogens is 1. The van der Waals surface area contributed by atoms with Crippen molar-refractivity contribution in [1.82, 2.24) is 9.71 Å². The summed E-state index contributed by atoms with van der Waals surface area (Å²) in [6, 6.07) is 1.00. The van der Waals surface area contributed by atoms with Crippen LogP contribution in [0.1, 0.15) is 39.5 Å². The van der Waals surface area contributed by atoms with Gasteiger partial charge in [0.2, 0.25) is 10.0 Å². The fourth-order valence-corrected chi connectivity index (χ4v) is 3.19. The Morgan fingerprint density at radius 1 is 1.42 bits per heavy atom. The Hall–Kier alpha value is -0.850. The van der Waals surface area contributed by atoms with Gasteiger partial charge in [-0.3, -0.25) is 4.79 Å². The van der Waals surface area contributed by atoms with Gasteiger partial charge in [-0.1, -0.05) is 37.8 Å². The molecular weight excluding hydrogens is 288 g/mol. The Morgan fingerprint density at radius 2 is 2.11 bits per heavy atom. The highest BCUT2D eigenvalue weighted by Gasteiger charge is 2.18. The van der Waals surface area contributed by atoms with Crippen LogP contribution in [0.5, 0.6) is 0 Å². The molecule has 5 nitrogen and oxygen atoms in total. The van der Waals surface area contributed by atoms with Gasteiger partial charge in [0.1, 0.15) is 5.02 Å². The summed E-state index contributed by atoms with van der Waals surface area (Å²) in [7, 11) is -3.64. The first kappa shape index (κ1) is 16.2. The van der Waals surface area contributed by atoms with Crippen LogP contribution >= 0.6 is 11.6 Å². The van der Waals surface area contributed by atoms with Crippen molar-refractivity contribution in [2.24, 2.45) is 0 Å². The van der Waals surface area contributed by atoms with Crippen LogP contribution in [0.2, 0.25) is 5.02 Å². The summed E-state index contributed by atoms with van der Waals surface area (Å²) in [4.78, 5) is 13.4. The maximum absolute atomic E-state index is 12.0. The van der Waals surface area contributed by atoms with E-state index in [2.05, 4.69) is 16.6 Å². The number of aromatic amines is 1. The second-order valence-corrected chi connectivity index (χ2v) is 6.65. The van der Waals surface area contributed by atoms with Gasteiger partial charge in [-0.05, 0) is 19.4 Å². The van der Waals surface area contributed by atoms with Gasteiger partial charge < -0.3 is 4.98 Å². The number of pyridine rings is 1. The van der Waals surface area contributed by atoms with Crippen molar-refractivity contribution in [2.75, 3.05) is 0 Å². The lowest BCUT2D eigenvalue weighted by molar-refractivity contribution is 0.527. The van der Waals surface area contributed by atoms with Gasteiger partial charge in [0, 0.05) is 12.2 Å². The molecule has 0 spiro atoms. The van der Waals surface area contributed by atoms with E-state index in [1.807, 2.05) is 6.92 Å². The summed E-state index contributed by atoms with van der Waals surface area (Å²) < 4.78 is 26.7. The Bertz CT molecular complexity index is 569. The predicted octanol–water partition coefficient (Wildman–Crippen LogP) is 2.28. The number of hydrogen-bond acceptors (Lipinski definition) is 3. The average Bonchev–Trinajstić information content (AvgIpc) is 2.32. The fourth-order valence-electron chi connectivity index (χ4n) is 1.69. The van der Waals surface area contributed by atoms with E-state index in [-0.39, 0.29) is 16.0 Å². The van der Waals surface area contributed by atoms with Gasteiger partial charge in [0.15, 0.2) is 0 Å². The molecule has 1 unspecified atom stereocenters. The second-order valence-electron chi connectivity index (χ2n) is 4.53. The number of halogens is 1. The number of aromatic nitrogens is 1. The molecule has 0 amide bonds. The van der Waals surface area contributed by atoms with Crippen LogP contribution in [-0.4, -0.2) is 19.4 Å². The van der Waals surface area contributed by atoms with Crippen LogP contribution in [0.3, 0.4) is 0 Å². The third-order valence-electron chi connectivity index (χ3n) is 2.74. The SMILES string of the molecule is CCCCCC(C)NS(=O)(=O)c1c[nH]c(=O)c(Cl)c1. The molecule has 108 valence electrons. The Kier molecular flexibility index (Phi) is 6.03. The molecule has 0 aliphatic rings. The van der Waals surface area contributed by atoms with E-state index in [9.17, 15) is 13.2 Å². The van der Waals surface area contributed by atoms with Crippen LogP contribution in [0.15, 0.2) is 22.0 Å². The van der Waals surface area contributed by atoms with Crippen LogP contribution in [0, 0.1) is 0 Å². The van der Waals surface area contributed by atoms with E-state index in [1.165, 1.54) is 0 Å².